The molecule has 132 valence electrons. The molecule has 0 unspecified atom stereocenters. The highest BCUT2D eigenvalue weighted by atomic mass is 16.5. The number of carbonyl (C=O) groups excluding carboxylic acids is 1. The Hall–Kier alpha value is -3.22. The Labute approximate surface area is 146 Å². The Morgan fingerprint density at radius 3 is 2.52 bits per heavy atom. The smallest absolute Gasteiger partial charge is 0.262 e. The van der Waals surface area contributed by atoms with Crippen molar-refractivity contribution in [2.45, 2.75) is 13.0 Å². The number of benzene rings is 2. The van der Waals surface area contributed by atoms with Gasteiger partial charge in [-0.1, -0.05) is 0 Å². The Balaban J connectivity index is 1.90. The fourth-order valence-corrected chi connectivity index (χ4v) is 2.04. The summed E-state index contributed by atoms with van der Waals surface area (Å²) < 4.78 is 10.1. The van der Waals surface area contributed by atoms with E-state index in [0.717, 1.165) is 11.4 Å². The molecular weight excluding hydrogens is 322 g/mol. The Morgan fingerprint density at radius 1 is 1.16 bits per heavy atom. The number of aromatic hydroxyl groups is 1. The van der Waals surface area contributed by atoms with Crippen LogP contribution in [0.1, 0.15) is 12.5 Å². The summed E-state index contributed by atoms with van der Waals surface area (Å²) in [7, 11) is 3.06. The molecule has 1 atom stereocenters. The summed E-state index contributed by atoms with van der Waals surface area (Å²) in [5.74, 6) is 0.847. The summed E-state index contributed by atoms with van der Waals surface area (Å²) in [6.07, 6.45) is 1.47. The van der Waals surface area contributed by atoms with Crippen molar-refractivity contribution in [1.82, 2.24) is 5.43 Å². The van der Waals surface area contributed by atoms with Crippen LogP contribution in [0.25, 0.3) is 0 Å². The van der Waals surface area contributed by atoms with Crippen LogP contribution in [0.3, 0.4) is 0 Å². The Bertz CT molecular complexity index is 744. The second kappa shape index (κ2) is 8.58. The number of hydrazone groups is 1. The number of methoxy groups -OCH3 is 2. The molecule has 2 aromatic rings. The van der Waals surface area contributed by atoms with E-state index in [1.807, 2.05) is 24.3 Å². The van der Waals surface area contributed by atoms with Gasteiger partial charge in [-0.05, 0) is 55.0 Å². The van der Waals surface area contributed by atoms with Crippen LogP contribution in [-0.2, 0) is 4.79 Å². The van der Waals surface area contributed by atoms with Crippen molar-refractivity contribution in [1.29, 1.82) is 0 Å². The lowest BCUT2D eigenvalue weighted by Gasteiger charge is -2.13. The monoisotopic (exact) mass is 343 g/mol. The number of carbonyl (C=O) groups is 1. The number of amides is 1. The quantitative estimate of drug-likeness (QED) is 0.530. The lowest BCUT2D eigenvalue weighted by atomic mass is 10.2. The largest absolute Gasteiger partial charge is 0.504 e. The van der Waals surface area contributed by atoms with Gasteiger partial charge < -0.3 is 19.9 Å². The summed E-state index contributed by atoms with van der Waals surface area (Å²) in [6.45, 7) is 1.73. The molecule has 2 aromatic carbocycles. The third-order valence-electron chi connectivity index (χ3n) is 3.46. The van der Waals surface area contributed by atoms with Gasteiger partial charge in [0.1, 0.15) is 11.8 Å². The lowest BCUT2D eigenvalue weighted by molar-refractivity contribution is -0.121. The molecule has 0 saturated carbocycles. The predicted octanol–water partition coefficient (Wildman–Crippen LogP) is 2.36. The highest BCUT2D eigenvalue weighted by molar-refractivity contribution is 5.86. The molecule has 3 N–H and O–H groups in total. The van der Waals surface area contributed by atoms with E-state index in [2.05, 4.69) is 15.8 Å². The van der Waals surface area contributed by atoms with Crippen molar-refractivity contribution in [3.8, 4) is 17.2 Å². The van der Waals surface area contributed by atoms with Gasteiger partial charge in [-0.15, -0.1) is 0 Å². The van der Waals surface area contributed by atoms with Crippen LogP contribution in [-0.4, -0.2) is 37.5 Å². The van der Waals surface area contributed by atoms with E-state index in [-0.39, 0.29) is 11.7 Å². The number of phenols is 1. The first-order chi connectivity index (χ1) is 12.0. The van der Waals surface area contributed by atoms with Gasteiger partial charge >= 0.3 is 0 Å². The topological polar surface area (TPSA) is 92.2 Å². The van der Waals surface area contributed by atoms with Crippen molar-refractivity contribution in [3.63, 3.8) is 0 Å². The summed E-state index contributed by atoms with van der Waals surface area (Å²) in [5.41, 5.74) is 3.95. The van der Waals surface area contributed by atoms with Gasteiger partial charge in [-0.2, -0.15) is 5.10 Å². The second-order valence-corrected chi connectivity index (χ2v) is 5.26. The first kappa shape index (κ1) is 18.1. The SMILES string of the molecule is COc1ccc(N[C@@H](C)C(=O)N/N=C\c2ccc(O)c(OC)c2)cc1. The molecule has 0 aromatic heterocycles. The maximum atomic E-state index is 12.1. The number of anilines is 1. The molecule has 1 amide bonds. The molecule has 0 spiro atoms. The maximum Gasteiger partial charge on any atom is 0.262 e. The van der Waals surface area contributed by atoms with E-state index in [1.165, 1.54) is 19.4 Å². The van der Waals surface area contributed by atoms with Crippen molar-refractivity contribution < 1.29 is 19.4 Å². The number of hydrogen-bond donors (Lipinski definition) is 3. The van der Waals surface area contributed by atoms with Gasteiger partial charge in [0.2, 0.25) is 0 Å². The van der Waals surface area contributed by atoms with E-state index in [4.69, 9.17) is 9.47 Å². The minimum absolute atomic E-state index is 0.0426. The van der Waals surface area contributed by atoms with Gasteiger partial charge in [-0.3, -0.25) is 4.79 Å². The summed E-state index contributed by atoms with van der Waals surface area (Å²) in [5, 5.41) is 16.5. The van der Waals surface area contributed by atoms with Gasteiger partial charge in [0.25, 0.3) is 5.91 Å². The second-order valence-electron chi connectivity index (χ2n) is 5.26. The molecule has 0 aliphatic heterocycles. The fraction of sp³-hybridized carbons (Fsp3) is 0.222. The van der Waals surface area contributed by atoms with Crippen LogP contribution < -0.4 is 20.2 Å². The molecule has 0 bridgehead atoms. The molecule has 0 aliphatic carbocycles. The molecular formula is C18H21N3O4. The number of hydrogen-bond acceptors (Lipinski definition) is 6. The first-order valence-corrected chi connectivity index (χ1v) is 7.64. The fourth-order valence-electron chi connectivity index (χ4n) is 2.04. The van der Waals surface area contributed by atoms with Crippen LogP contribution in [0.15, 0.2) is 47.6 Å². The van der Waals surface area contributed by atoms with Gasteiger partial charge in [0.05, 0.1) is 20.4 Å². The molecule has 0 heterocycles. The zero-order valence-corrected chi connectivity index (χ0v) is 14.3. The highest BCUT2D eigenvalue weighted by Crippen LogP contribution is 2.25. The number of phenolic OH excluding ortho intramolecular Hbond substituents is 1. The molecule has 0 saturated heterocycles. The van der Waals surface area contributed by atoms with Crippen molar-refractivity contribution in [2.24, 2.45) is 5.10 Å². The van der Waals surface area contributed by atoms with Crippen molar-refractivity contribution >= 4 is 17.8 Å². The summed E-state index contributed by atoms with van der Waals surface area (Å²) in [6, 6.07) is 11.6. The predicted molar refractivity (Wildman–Crippen MR) is 96.5 cm³/mol. The maximum absolute atomic E-state index is 12.1. The third kappa shape index (κ3) is 5.13. The number of rotatable bonds is 7. The van der Waals surface area contributed by atoms with Crippen LogP contribution in [0.5, 0.6) is 17.2 Å². The molecule has 0 aliphatic rings. The lowest BCUT2D eigenvalue weighted by Crippen LogP contribution is -2.34. The van der Waals surface area contributed by atoms with E-state index < -0.39 is 6.04 Å². The Kier molecular flexibility index (Phi) is 6.22. The van der Waals surface area contributed by atoms with E-state index >= 15 is 0 Å². The normalized spacial score (nSPS) is 11.8. The molecule has 2 rings (SSSR count). The zero-order valence-electron chi connectivity index (χ0n) is 14.3. The van der Waals surface area contributed by atoms with Crippen molar-refractivity contribution in [2.75, 3.05) is 19.5 Å². The van der Waals surface area contributed by atoms with Gasteiger partial charge in [0, 0.05) is 5.69 Å². The van der Waals surface area contributed by atoms with E-state index in [1.54, 1.807) is 26.2 Å². The van der Waals surface area contributed by atoms with E-state index in [0.29, 0.717) is 11.3 Å². The van der Waals surface area contributed by atoms with Crippen LogP contribution in [0, 0.1) is 0 Å². The van der Waals surface area contributed by atoms with Crippen LogP contribution >= 0.6 is 0 Å². The molecule has 7 heteroatoms. The molecule has 7 nitrogen and oxygen atoms in total. The molecule has 0 radical (unpaired) electrons. The van der Waals surface area contributed by atoms with E-state index in [9.17, 15) is 9.90 Å². The minimum Gasteiger partial charge on any atom is -0.504 e. The standard InChI is InChI=1S/C18H21N3O4/c1-12(20-14-5-7-15(24-2)8-6-14)18(23)21-19-11-13-4-9-16(22)17(10-13)25-3/h4-12,20,22H,1-3H3,(H,21,23)/b19-11-/t12-/m0/s1. The summed E-state index contributed by atoms with van der Waals surface area (Å²) >= 11 is 0. The third-order valence-corrected chi connectivity index (χ3v) is 3.46. The number of nitrogens with zero attached hydrogens (tertiary/aromatic N) is 1. The number of nitrogens with one attached hydrogen (secondary N) is 2. The van der Waals surface area contributed by atoms with Gasteiger partial charge in [0.15, 0.2) is 11.5 Å². The minimum atomic E-state index is -0.472. The molecule has 0 fully saturated rings. The average Bonchev–Trinajstić information content (AvgIpc) is 2.63. The Morgan fingerprint density at radius 2 is 1.88 bits per heavy atom. The van der Waals surface area contributed by atoms with Crippen LogP contribution in [0.2, 0.25) is 0 Å². The summed E-state index contributed by atoms with van der Waals surface area (Å²) in [4.78, 5) is 12.1. The van der Waals surface area contributed by atoms with Crippen LogP contribution in [0.4, 0.5) is 5.69 Å². The van der Waals surface area contributed by atoms with Gasteiger partial charge in [-0.25, -0.2) is 5.43 Å². The number of ether oxygens (including phenoxy) is 2. The highest BCUT2D eigenvalue weighted by Gasteiger charge is 2.11. The molecule has 25 heavy (non-hydrogen) atoms. The zero-order chi connectivity index (χ0) is 18.2. The average molecular weight is 343 g/mol. The van der Waals surface area contributed by atoms with Crippen molar-refractivity contribution in [3.05, 3.63) is 48.0 Å². The first-order valence-electron chi connectivity index (χ1n) is 7.64.